The van der Waals surface area contributed by atoms with Crippen LogP contribution in [-0.4, -0.2) is 0 Å². The van der Waals surface area contributed by atoms with Gasteiger partial charge in [-0.1, -0.05) is 27.5 Å². The van der Waals surface area contributed by atoms with Gasteiger partial charge in [-0.15, -0.1) is 0 Å². The minimum absolute atomic E-state index is 0. The summed E-state index contributed by atoms with van der Waals surface area (Å²) in [4.78, 5) is 0. The van der Waals surface area contributed by atoms with E-state index in [1.807, 2.05) is 34.9 Å². The Morgan fingerprint density at radius 3 is 2.09 bits per heavy atom. The molecule has 62 valence electrons. The summed E-state index contributed by atoms with van der Waals surface area (Å²) >= 11 is 0. The molecule has 1 unspecified atom stereocenters. The van der Waals surface area contributed by atoms with Crippen molar-refractivity contribution in [2.45, 2.75) is 14.9 Å². The lowest BCUT2D eigenvalue weighted by Gasteiger charge is -1.86. The fourth-order valence-electron chi connectivity index (χ4n) is 0.586. The first-order valence-corrected chi connectivity index (χ1v) is 3.23. The molecule has 0 amide bonds. The van der Waals surface area contributed by atoms with Crippen LogP contribution >= 0.6 is 9.39 Å². The van der Waals surface area contributed by atoms with Gasteiger partial charge in [-0.25, -0.2) is 0 Å². The van der Waals surface area contributed by atoms with Gasteiger partial charge in [-0.05, 0) is 5.56 Å². The van der Waals surface area contributed by atoms with Crippen molar-refractivity contribution in [2.24, 2.45) is 0 Å². The van der Waals surface area contributed by atoms with Gasteiger partial charge < -0.3 is 0 Å². The number of hydrogen-bond donors (Lipinski definition) is 0. The molecule has 1 atom stereocenters. The Hall–Kier alpha value is -0.680. The molecule has 1 heterocycles. The summed E-state index contributed by atoms with van der Waals surface area (Å²) in [5, 5.41) is 0. The summed E-state index contributed by atoms with van der Waals surface area (Å²) in [5.74, 6) is 0. The molecule has 0 radical (unpaired) electrons. The van der Waals surface area contributed by atoms with Crippen LogP contribution in [0.2, 0.25) is 0 Å². The summed E-state index contributed by atoms with van der Waals surface area (Å²) in [6.45, 7) is 3.64. The molecule has 0 spiro atoms. The normalized spacial score (nSPS) is 7.36. The lowest BCUT2D eigenvalue weighted by Crippen LogP contribution is -2.15. The Labute approximate surface area is 72.0 Å². The second kappa shape index (κ2) is 6.06. The first-order valence-electron chi connectivity index (χ1n) is 2.72. The summed E-state index contributed by atoms with van der Waals surface area (Å²) in [5.41, 5.74) is 1.15. The van der Waals surface area contributed by atoms with Gasteiger partial charge in [0.15, 0.2) is 21.8 Å². The topological polar surface area (TPSA) is 3.88 Å². The van der Waals surface area contributed by atoms with Gasteiger partial charge in [0.1, 0.15) is 0 Å². The molecular formula is C9H17NP+. The monoisotopic (exact) mass is 170 g/mol. The maximum atomic E-state index is 3.64. The van der Waals surface area contributed by atoms with Crippen LogP contribution in [-0.2, 0) is 0 Å². The van der Waals surface area contributed by atoms with Gasteiger partial charge in [0.25, 0.3) is 0 Å². The van der Waals surface area contributed by atoms with Gasteiger partial charge in [-0.2, -0.15) is 4.34 Å². The SMILES string of the molecule is C.C.C=Cc1cc[n+](P)cc1. The van der Waals surface area contributed by atoms with Crippen molar-refractivity contribution >= 4 is 15.5 Å². The van der Waals surface area contributed by atoms with Crippen LogP contribution in [0, 0.1) is 0 Å². The number of aromatic nitrogens is 1. The molecule has 1 nitrogen and oxygen atoms in total. The molecule has 0 fully saturated rings. The molecule has 0 N–H and O–H groups in total. The first kappa shape index (κ1) is 12.9. The van der Waals surface area contributed by atoms with Crippen LogP contribution < -0.4 is 4.34 Å². The average Bonchev–Trinajstić information content (AvgIpc) is 1.90. The molecule has 0 aliphatic heterocycles. The molecule has 0 saturated heterocycles. The van der Waals surface area contributed by atoms with Crippen LogP contribution in [0.15, 0.2) is 31.1 Å². The Balaban J connectivity index is 0. The van der Waals surface area contributed by atoms with Gasteiger partial charge >= 0.3 is 0 Å². The van der Waals surface area contributed by atoms with Crippen molar-refractivity contribution in [3.05, 3.63) is 36.7 Å². The first-order chi connectivity index (χ1) is 4.33. The fraction of sp³-hybridized carbons (Fsp3) is 0.222. The zero-order valence-electron chi connectivity index (χ0n) is 5.12. The molecule has 0 bridgehead atoms. The van der Waals surface area contributed by atoms with Crippen molar-refractivity contribution in [2.75, 3.05) is 0 Å². The predicted octanol–water partition coefficient (Wildman–Crippen LogP) is 2.53. The highest BCUT2D eigenvalue weighted by Crippen LogP contribution is 1.95. The lowest BCUT2D eigenvalue weighted by molar-refractivity contribution is -0.499. The van der Waals surface area contributed by atoms with Crippen LogP contribution in [0.5, 0.6) is 0 Å². The summed E-state index contributed by atoms with van der Waals surface area (Å²) in [7, 11) is 2.55. The standard InChI is InChI=1S/C7H9NP.2CH4/c1-2-7-3-5-8(9)6-4-7;;/h2-6H,1,9H2;2*1H4/q+1;;. The van der Waals surface area contributed by atoms with Crippen LogP contribution in [0.25, 0.3) is 6.08 Å². The molecule has 1 aromatic heterocycles. The van der Waals surface area contributed by atoms with E-state index in [1.165, 1.54) is 0 Å². The van der Waals surface area contributed by atoms with E-state index in [-0.39, 0.29) is 14.9 Å². The van der Waals surface area contributed by atoms with Crippen molar-refractivity contribution in [3.63, 3.8) is 0 Å². The van der Waals surface area contributed by atoms with E-state index in [0.717, 1.165) is 5.56 Å². The molecule has 0 saturated carbocycles. The molecule has 1 rings (SSSR count). The summed E-state index contributed by atoms with van der Waals surface area (Å²) < 4.78 is 1.91. The van der Waals surface area contributed by atoms with E-state index in [0.29, 0.717) is 0 Å². The Kier molecular flexibility index (Phi) is 7.13. The van der Waals surface area contributed by atoms with E-state index < -0.39 is 0 Å². The predicted molar refractivity (Wildman–Crippen MR) is 55.3 cm³/mol. The minimum atomic E-state index is 0. The average molecular weight is 170 g/mol. The molecule has 0 aliphatic rings. The molecular weight excluding hydrogens is 153 g/mol. The van der Waals surface area contributed by atoms with Crippen molar-refractivity contribution in [3.8, 4) is 0 Å². The highest BCUT2D eigenvalue weighted by Gasteiger charge is 1.88. The number of pyridine rings is 1. The van der Waals surface area contributed by atoms with Gasteiger partial charge in [0, 0.05) is 12.1 Å². The molecule has 11 heavy (non-hydrogen) atoms. The smallest absolute Gasteiger partial charge is 0.170 e. The second-order valence-corrected chi connectivity index (χ2v) is 2.38. The van der Waals surface area contributed by atoms with Crippen molar-refractivity contribution in [1.82, 2.24) is 0 Å². The number of rotatable bonds is 1. The van der Waals surface area contributed by atoms with E-state index in [4.69, 9.17) is 0 Å². The molecule has 1 aromatic rings. The van der Waals surface area contributed by atoms with Crippen molar-refractivity contribution < 1.29 is 4.34 Å². The zero-order chi connectivity index (χ0) is 6.69. The Morgan fingerprint density at radius 1 is 1.27 bits per heavy atom. The van der Waals surface area contributed by atoms with Crippen LogP contribution in [0.4, 0.5) is 0 Å². The molecule has 0 aromatic carbocycles. The van der Waals surface area contributed by atoms with Crippen LogP contribution in [0.1, 0.15) is 20.4 Å². The summed E-state index contributed by atoms with van der Waals surface area (Å²) in [6.07, 6.45) is 5.74. The van der Waals surface area contributed by atoms with Gasteiger partial charge in [-0.3, -0.25) is 0 Å². The van der Waals surface area contributed by atoms with Crippen LogP contribution in [0.3, 0.4) is 0 Å². The lowest BCUT2D eigenvalue weighted by atomic mass is 10.3. The van der Waals surface area contributed by atoms with E-state index in [1.54, 1.807) is 0 Å². The fourth-order valence-corrected chi connectivity index (χ4v) is 0.758. The Bertz CT molecular complexity index is 203. The largest absolute Gasteiger partial charge is 0.195 e. The second-order valence-electron chi connectivity index (χ2n) is 1.78. The maximum Gasteiger partial charge on any atom is 0.170 e. The number of nitrogens with zero attached hydrogens (tertiary/aromatic N) is 1. The van der Waals surface area contributed by atoms with E-state index in [2.05, 4.69) is 16.0 Å². The molecule has 2 heteroatoms. The third kappa shape index (κ3) is 3.90. The van der Waals surface area contributed by atoms with Gasteiger partial charge in [0.2, 0.25) is 0 Å². The zero-order valence-corrected chi connectivity index (χ0v) is 6.27. The maximum absolute atomic E-state index is 3.64. The third-order valence-corrected chi connectivity index (χ3v) is 1.46. The molecule has 0 aliphatic carbocycles. The highest BCUT2D eigenvalue weighted by molar-refractivity contribution is 7.07. The van der Waals surface area contributed by atoms with E-state index >= 15 is 0 Å². The highest BCUT2D eigenvalue weighted by atomic mass is 31.0. The van der Waals surface area contributed by atoms with E-state index in [9.17, 15) is 0 Å². The third-order valence-electron chi connectivity index (χ3n) is 1.11. The van der Waals surface area contributed by atoms with Gasteiger partial charge in [0.05, 0.1) is 0 Å². The number of hydrogen-bond acceptors (Lipinski definition) is 0. The Morgan fingerprint density at radius 2 is 1.73 bits per heavy atom. The summed E-state index contributed by atoms with van der Waals surface area (Å²) in [6, 6.07) is 4.00. The quantitative estimate of drug-likeness (QED) is 0.570. The van der Waals surface area contributed by atoms with Crippen molar-refractivity contribution in [1.29, 1.82) is 0 Å². The minimum Gasteiger partial charge on any atom is -0.195 e.